The summed E-state index contributed by atoms with van der Waals surface area (Å²) in [5, 5.41) is 2.35. The number of hydrogen-bond acceptors (Lipinski definition) is 5. The van der Waals surface area contributed by atoms with Gasteiger partial charge in [-0.1, -0.05) is 0 Å². The molecular weight excluding hydrogens is 313 g/mol. The van der Waals surface area contributed by atoms with E-state index in [-0.39, 0.29) is 11.7 Å². The Hall–Kier alpha value is -2.90. The molecule has 2 unspecified atom stereocenters. The molecule has 3 aliphatic rings. The van der Waals surface area contributed by atoms with Crippen molar-refractivity contribution >= 4 is 23.6 Å². The molecule has 8 heteroatoms. The van der Waals surface area contributed by atoms with Crippen molar-refractivity contribution in [2.75, 3.05) is 11.9 Å². The largest absolute Gasteiger partial charge is 0.325 e. The van der Waals surface area contributed by atoms with Gasteiger partial charge in [-0.15, -0.1) is 0 Å². The molecule has 1 aromatic rings. The molecule has 0 aliphatic carbocycles. The highest BCUT2D eigenvalue weighted by Crippen LogP contribution is 2.38. The van der Waals surface area contributed by atoms with Crippen molar-refractivity contribution < 1.29 is 14.0 Å². The van der Waals surface area contributed by atoms with Crippen molar-refractivity contribution in [3.8, 4) is 0 Å². The summed E-state index contributed by atoms with van der Waals surface area (Å²) >= 11 is 0. The molecule has 0 spiro atoms. The first kappa shape index (κ1) is 14.7. The molecule has 3 aliphatic heterocycles. The average Bonchev–Trinajstić information content (AvgIpc) is 3.04. The molecule has 0 bridgehead atoms. The Morgan fingerprint density at radius 1 is 1.12 bits per heavy atom. The summed E-state index contributed by atoms with van der Waals surface area (Å²) < 4.78 is 13.2. The third-order valence-corrected chi connectivity index (χ3v) is 4.74. The van der Waals surface area contributed by atoms with E-state index in [1.165, 1.54) is 17.0 Å². The first-order valence-corrected chi connectivity index (χ1v) is 7.58. The van der Waals surface area contributed by atoms with Crippen LogP contribution in [0.4, 0.5) is 14.9 Å². The monoisotopic (exact) mass is 329 g/mol. The first-order valence-electron chi connectivity index (χ1n) is 7.58. The Morgan fingerprint density at radius 3 is 2.46 bits per heavy atom. The van der Waals surface area contributed by atoms with Crippen molar-refractivity contribution in [1.29, 1.82) is 0 Å². The highest BCUT2D eigenvalue weighted by molar-refractivity contribution is 6.10. The van der Waals surface area contributed by atoms with Crippen molar-refractivity contribution in [2.45, 2.75) is 26.1 Å². The third kappa shape index (κ3) is 1.79. The Kier molecular flexibility index (Phi) is 2.93. The van der Waals surface area contributed by atoms with Gasteiger partial charge >= 0.3 is 6.03 Å². The number of benzene rings is 1. The number of imide groups is 1. The zero-order valence-electron chi connectivity index (χ0n) is 13.4. The maximum Gasteiger partial charge on any atom is 0.325 e. The molecule has 24 heavy (non-hydrogen) atoms. The number of aliphatic imine (C=N–C) groups is 1. The molecule has 1 fully saturated rings. The van der Waals surface area contributed by atoms with Crippen LogP contribution < -0.4 is 10.2 Å². The van der Waals surface area contributed by atoms with Crippen LogP contribution in [0.15, 0.2) is 40.7 Å². The number of amides is 3. The second-order valence-electron chi connectivity index (χ2n) is 6.05. The number of likely N-dealkylation sites (N-methyl/N-ethyl adjacent to an activating group) is 1. The Balaban J connectivity index is 1.81. The lowest BCUT2D eigenvalue weighted by Gasteiger charge is -2.35. The highest BCUT2D eigenvalue weighted by atomic mass is 19.1. The van der Waals surface area contributed by atoms with Gasteiger partial charge in [-0.25, -0.2) is 14.2 Å². The molecule has 0 saturated carbocycles. The van der Waals surface area contributed by atoms with E-state index in [1.54, 1.807) is 19.2 Å². The molecule has 0 aromatic heterocycles. The van der Waals surface area contributed by atoms with Crippen molar-refractivity contribution in [3.63, 3.8) is 0 Å². The minimum atomic E-state index is -0.594. The Morgan fingerprint density at radius 2 is 1.79 bits per heavy atom. The summed E-state index contributed by atoms with van der Waals surface area (Å²) in [7, 11) is 1.61. The fraction of sp³-hybridized carbons (Fsp3) is 0.312. The van der Waals surface area contributed by atoms with Gasteiger partial charge in [0.05, 0.1) is 0 Å². The van der Waals surface area contributed by atoms with Crippen LogP contribution in [-0.2, 0) is 4.79 Å². The van der Waals surface area contributed by atoms with Gasteiger partial charge in [-0.3, -0.25) is 19.9 Å². The number of carbonyl (C=O) groups excluding carboxylic acids is 2. The number of hydrogen-bond donors (Lipinski definition) is 1. The third-order valence-electron chi connectivity index (χ3n) is 4.74. The van der Waals surface area contributed by atoms with E-state index in [0.29, 0.717) is 5.96 Å². The lowest BCUT2D eigenvalue weighted by atomic mass is 10.1. The smallest absolute Gasteiger partial charge is 0.303 e. The van der Waals surface area contributed by atoms with E-state index in [1.807, 2.05) is 23.6 Å². The second kappa shape index (κ2) is 4.80. The summed E-state index contributed by atoms with van der Waals surface area (Å²) in [5.41, 5.74) is 2.54. The van der Waals surface area contributed by atoms with Gasteiger partial charge in [0.1, 0.15) is 5.82 Å². The van der Waals surface area contributed by atoms with Crippen LogP contribution in [0.5, 0.6) is 0 Å². The molecule has 124 valence electrons. The summed E-state index contributed by atoms with van der Waals surface area (Å²) in [4.78, 5) is 33.9. The van der Waals surface area contributed by atoms with E-state index in [9.17, 15) is 14.0 Å². The standard InChI is InChI=1S/C16H16FN5O2/c1-8-9(2)22-12-13(20(3)16(24)19-14(12)23)18-15(22)21(8)11-6-4-10(17)5-7-11/h4-7,12-13H,1-3H3,(H,19,23,24). The number of nitrogens with one attached hydrogen (secondary N) is 1. The zero-order valence-corrected chi connectivity index (χ0v) is 13.4. The molecule has 1 saturated heterocycles. The fourth-order valence-corrected chi connectivity index (χ4v) is 3.36. The number of nitrogens with zero attached hydrogens (tertiary/aromatic N) is 4. The lowest BCUT2D eigenvalue weighted by Crippen LogP contribution is -2.63. The van der Waals surface area contributed by atoms with E-state index in [0.717, 1.165) is 17.1 Å². The van der Waals surface area contributed by atoms with Gasteiger partial charge in [0.25, 0.3) is 5.91 Å². The molecule has 0 radical (unpaired) electrons. The number of urea groups is 1. The van der Waals surface area contributed by atoms with Gasteiger partial charge in [0, 0.05) is 24.1 Å². The van der Waals surface area contributed by atoms with Crippen molar-refractivity contribution in [1.82, 2.24) is 15.1 Å². The SMILES string of the molecule is CC1=C(C)N2C(=NC3C2C(=O)NC(=O)N3C)N1c1ccc(F)cc1. The van der Waals surface area contributed by atoms with E-state index in [2.05, 4.69) is 10.3 Å². The molecule has 3 heterocycles. The minimum Gasteiger partial charge on any atom is -0.303 e. The van der Waals surface area contributed by atoms with Gasteiger partial charge in [0.15, 0.2) is 12.2 Å². The summed E-state index contributed by atoms with van der Waals surface area (Å²) in [6.07, 6.45) is -0.577. The van der Waals surface area contributed by atoms with Crippen LogP contribution in [0.1, 0.15) is 13.8 Å². The number of carbonyl (C=O) groups is 2. The van der Waals surface area contributed by atoms with Crippen LogP contribution in [0.3, 0.4) is 0 Å². The average molecular weight is 329 g/mol. The zero-order chi connectivity index (χ0) is 17.2. The highest BCUT2D eigenvalue weighted by Gasteiger charge is 2.53. The van der Waals surface area contributed by atoms with Gasteiger partial charge in [-0.05, 0) is 38.1 Å². The quantitative estimate of drug-likeness (QED) is 0.847. The number of fused-ring (bicyclic) bond motifs is 3. The van der Waals surface area contributed by atoms with Crippen molar-refractivity contribution in [2.24, 2.45) is 4.99 Å². The summed E-state index contributed by atoms with van der Waals surface area (Å²) in [6, 6.07) is 5.03. The van der Waals surface area contributed by atoms with Crippen molar-refractivity contribution in [3.05, 3.63) is 41.5 Å². The number of anilines is 1. The van der Waals surface area contributed by atoms with E-state index >= 15 is 0 Å². The number of halogens is 1. The van der Waals surface area contributed by atoms with Crippen LogP contribution in [-0.4, -0.2) is 47.0 Å². The van der Waals surface area contributed by atoms with Gasteiger partial charge < -0.3 is 4.90 Å². The molecule has 4 rings (SSSR count). The lowest BCUT2D eigenvalue weighted by molar-refractivity contribution is -0.126. The molecule has 7 nitrogen and oxygen atoms in total. The van der Waals surface area contributed by atoms with Crippen LogP contribution in [0.2, 0.25) is 0 Å². The topological polar surface area (TPSA) is 68.2 Å². The molecule has 1 N–H and O–H groups in total. The molecule has 3 amide bonds. The number of rotatable bonds is 1. The fourth-order valence-electron chi connectivity index (χ4n) is 3.36. The van der Waals surface area contributed by atoms with E-state index in [4.69, 9.17) is 0 Å². The summed E-state index contributed by atoms with van der Waals surface area (Å²) in [5.74, 6) is -0.113. The molecule has 2 atom stereocenters. The predicted octanol–water partition coefficient (Wildman–Crippen LogP) is 1.45. The second-order valence-corrected chi connectivity index (χ2v) is 6.05. The molecule has 1 aromatic carbocycles. The Labute approximate surface area is 138 Å². The van der Waals surface area contributed by atoms with Crippen LogP contribution in [0.25, 0.3) is 0 Å². The van der Waals surface area contributed by atoms with Crippen LogP contribution in [0, 0.1) is 5.82 Å². The van der Waals surface area contributed by atoms with E-state index < -0.39 is 18.2 Å². The minimum absolute atomic E-state index is 0.320. The van der Waals surface area contributed by atoms with Crippen LogP contribution >= 0.6 is 0 Å². The van der Waals surface area contributed by atoms with Gasteiger partial charge in [0.2, 0.25) is 5.96 Å². The number of guanidine groups is 1. The predicted molar refractivity (Wildman–Crippen MR) is 85.4 cm³/mol. The van der Waals surface area contributed by atoms with Gasteiger partial charge in [-0.2, -0.15) is 0 Å². The summed E-state index contributed by atoms with van der Waals surface area (Å²) in [6.45, 7) is 3.82. The number of allylic oxidation sites excluding steroid dienone is 2. The maximum atomic E-state index is 13.2. The normalized spacial score (nSPS) is 25.8. The maximum absolute atomic E-state index is 13.2. The molecular formula is C16H16FN5O2. The Bertz CT molecular complexity index is 816. The first-order chi connectivity index (χ1) is 11.4.